The molecular formula is C13H12Cl2OS. The van der Waals surface area contributed by atoms with E-state index < -0.39 is 5.60 Å². The molecule has 1 aromatic carbocycles. The first kappa shape index (κ1) is 12.9. The Labute approximate surface area is 115 Å². The molecule has 0 spiro atoms. The first-order chi connectivity index (χ1) is 8.00. The third kappa shape index (κ3) is 2.83. The molecule has 0 aliphatic carbocycles. The van der Waals surface area contributed by atoms with Crippen molar-refractivity contribution in [3.8, 4) is 0 Å². The van der Waals surface area contributed by atoms with E-state index >= 15 is 0 Å². The predicted molar refractivity (Wildman–Crippen MR) is 74.1 cm³/mol. The van der Waals surface area contributed by atoms with Gasteiger partial charge in [-0.2, -0.15) is 0 Å². The van der Waals surface area contributed by atoms with Crippen LogP contribution in [-0.4, -0.2) is 5.11 Å². The minimum absolute atomic E-state index is 0.409. The highest BCUT2D eigenvalue weighted by atomic mass is 35.5. The third-order valence-corrected chi connectivity index (χ3v) is 4.47. The zero-order valence-corrected chi connectivity index (χ0v) is 11.6. The molecule has 0 aliphatic heterocycles. The van der Waals surface area contributed by atoms with E-state index in [9.17, 15) is 5.11 Å². The van der Waals surface area contributed by atoms with Gasteiger partial charge in [0.1, 0.15) is 5.60 Å². The van der Waals surface area contributed by atoms with Gasteiger partial charge >= 0.3 is 0 Å². The highest BCUT2D eigenvalue weighted by Crippen LogP contribution is 2.34. The Balaban J connectivity index is 2.32. The van der Waals surface area contributed by atoms with Gasteiger partial charge in [0.2, 0.25) is 0 Å². The maximum atomic E-state index is 10.5. The Kier molecular flexibility index (Phi) is 3.79. The molecule has 0 amide bonds. The van der Waals surface area contributed by atoms with Crippen LogP contribution in [0.4, 0.5) is 0 Å². The quantitative estimate of drug-likeness (QED) is 0.881. The predicted octanol–water partition coefficient (Wildman–Crippen LogP) is 4.51. The number of halogens is 2. The van der Waals surface area contributed by atoms with E-state index in [1.165, 1.54) is 11.3 Å². The molecule has 1 unspecified atom stereocenters. The Hall–Kier alpha value is -0.540. The van der Waals surface area contributed by atoms with Crippen LogP contribution in [0.3, 0.4) is 0 Å². The second-order valence-electron chi connectivity index (χ2n) is 4.13. The number of hydrogen-bond donors (Lipinski definition) is 1. The molecule has 2 aromatic rings. The van der Waals surface area contributed by atoms with E-state index in [4.69, 9.17) is 23.2 Å². The maximum absolute atomic E-state index is 10.5. The number of aliphatic hydroxyl groups is 1. The average Bonchev–Trinajstić information content (AvgIpc) is 2.77. The molecule has 4 heteroatoms. The fraction of sp³-hybridized carbons (Fsp3) is 0.231. The number of rotatable bonds is 3. The van der Waals surface area contributed by atoms with Crippen LogP contribution in [0, 0.1) is 0 Å². The molecule has 1 aromatic heterocycles. The van der Waals surface area contributed by atoms with Crippen LogP contribution in [0.5, 0.6) is 0 Å². The van der Waals surface area contributed by atoms with E-state index in [0.717, 1.165) is 10.4 Å². The molecule has 0 saturated heterocycles. The van der Waals surface area contributed by atoms with Gasteiger partial charge in [0.05, 0.1) is 0 Å². The third-order valence-electron chi connectivity index (χ3n) is 2.63. The fourth-order valence-electron chi connectivity index (χ4n) is 1.72. The first-order valence-electron chi connectivity index (χ1n) is 5.20. The second-order valence-corrected chi connectivity index (χ2v) is 5.89. The van der Waals surface area contributed by atoms with Gasteiger partial charge in [0, 0.05) is 21.3 Å². The summed E-state index contributed by atoms with van der Waals surface area (Å²) in [5.74, 6) is 0. The Morgan fingerprint density at radius 1 is 1.18 bits per heavy atom. The summed E-state index contributed by atoms with van der Waals surface area (Å²) >= 11 is 13.7. The summed E-state index contributed by atoms with van der Waals surface area (Å²) in [5.41, 5.74) is -0.155. The largest absolute Gasteiger partial charge is 0.384 e. The highest BCUT2D eigenvalue weighted by Gasteiger charge is 2.26. The Morgan fingerprint density at radius 3 is 2.35 bits per heavy atom. The Morgan fingerprint density at radius 2 is 1.82 bits per heavy atom. The maximum Gasteiger partial charge on any atom is 0.100 e. The summed E-state index contributed by atoms with van der Waals surface area (Å²) in [6, 6.07) is 9.20. The fourth-order valence-corrected chi connectivity index (χ4v) is 3.04. The van der Waals surface area contributed by atoms with Crippen LogP contribution in [0.1, 0.15) is 17.4 Å². The van der Waals surface area contributed by atoms with Crippen molar-refractivity contribution in [3.63, 3.8) is 0 Å². The summed E-state index contributed by atoms with van der Waals surface area (Å²) in [6.45, 7) is 1.78. The Bertz CT molecular complexity index is 486. The summed E-state index contributed by atoms with van der Waals surface area (Å²) in [4.78, 5) is 0.911. The summed E-state index contributed by atoms with van der Waals surface area (Å²) in [6.07, 6.45) is 0.409. The van der Waals surface area contributed by atoms with Crippen LogP contribution in [0.15, 0.2) is 35.7 Å². The molecule has 1 nitrogen and oxygen atoms in total. The smallest absolute Gasteiger partial charge is 0.100 e. The van der Waals surface area contributed by atoms with Crippen molar-refractivity contribution in [2.45, 2.75) is 18.9 Å². The number of thiophene rings is 1. The monoisotopic (exact) mass is 286 g/mol. The van der Waals surface area contributed by atoms with E-state index in [2.05, 4.69) is 0 Å². The molecule has 0 fully saturated rings. The molecule has 1 N–H and O–H groups in total. The van der Waals surface area contributed by atoms with Crippen molar-refractivity contribution in [2.75, 3.05) is 0 Å². The van der Waals surface area contributed by atoms with Crippen LogP contribution < -0.4 is 0 Å². The molecule has 0 saturated carbocycles. The van der Waals surface area contributed by atoms with E-state index in [1.807, 2.05) is 17.5 Å². The zero-order valence-electron chi connectivity index (χ0n) is 9.28. The van der Waals surface area contributed by atoms with Crippen LogP contribution in [0.2, 0.25) is 10.0 Å². The van der Waals surface area contributed by atoms with Gasteiger partial charge in [-0.05, 0) is 36.1 Å². The molecule has 90 valence electrons. The van der Waals surface area contributed by atoms with E-state index in [0.29, 0.717) is 16.5 Å². The summed E-state index contributed by atoms with van der Waals surface area (Å²) in [5, 5.41) is 13.6. The van der Waals surface area contributed by atoms with Crippen molar-refractivity contribution in [1.29, 1.82) is 0 Å². The normalized spacial score (nSPS) is 14.6. The molecule has 1 atom stereocenters. The minimum atomic E-state index is -0.942. The standard InChI is InChI=1S/C13H12Cl2OS/c1-13(16,12-6-3-7-17-12)8-9-10(14)4-2-5-11(9)15/h2-7,16H,8H2,1H3. The number of hydrogen-bond acceptors (Lipinski definition) is 2. The van der Waals surface area contributed by atoms with Gasteiger partial charge < -0.3 is 5.11 Å². The minimum Gasteiger partial charge on any atom is -0.384 e. The lowest BCUT2D eigenvalue weighted by Gasteiger charge is -2.23. The topological polar surface area (TPSA) is 20.2 Å². The number of benzene rings is 1. The van der Waals surface area contributed by atoms with Gasteiger partial charge in [-0.25, -0.2) is 0 Å². The molecule has 0 radical (unpaired) electrons. The van der Waals surface area contributed by atoms with Crippen LogP contribution >= 0.6 is 34.5 Å². The van der Waals surface area contributed by atoms with Crippen molar-refractivity contribution < 1.29 is 5.11 Å². The molecular weight excluding hydrogens is 275 g/mol. The van der Waals surface area contributed by atoms with Gasteiger partial charge in [0.15, 0.2) is 0 Å². The average molecular weight is 287 g/mol. The summed E-state index contributed by atoms with van der Waals surface area (Å²) in [7, 11) is 0. The first-order valence-corrected chi connectivity index (χ1v) is 6.83. The molecule has 17 heavy (non-hydrogen) atoms. The zero-order chi connectivity index (χ0) is 12.5. The molecule has 0 aliphatic rings. The van der Waals surface area contributed by atoms with Crippen LogP contribution in [-0.2, 0) is 12.0 Å². The molecule has 1 heterocycles. The van der Waals surface area contributed by atoms with Crippen LogP contribution in [0.25, 0.3) is 0 Å². The van der Waals surface area contributed by atoms with Crippen molar-refractivity contribution in [3.05, 3.63) is 56.2 Å². The SMILES string of the molecule is CC(O)(Cc1c(Cl)cccc1Cl)c1cccs1. The van der Waals surface area contributed by atoms with Gasteiger partial charge in [-0.3, -0.25) is 0 Å². The van der Waals surface area contributed by atoms with Crippen molar-refractivity contribution in [1.82, 2.24) is 0 Å². The lowest BCUT2D eigenvalue weighted by Crippen LogP contribution is -2.23. The van der Waals surface area contributed by atoms with E-state index in [-0.39, 0.29) is 0 Å². The van der Waals surface area contributed by atoms with Crippen molar-refractivity contribution >= 4 is 34.5 Å². The molecule has 0 bridgehead atoms. The van der Waals surface area contributed by atoms with Gasteiger partial charge in [-0.1, -0.05) is 35.3 Å². The van der Waals surface area contributed by atoms with Gasteiger partial charge in [0.25, 0.3) is 0 Å². The van der Waals surface area contributed by atoms with E-state index in [1.54, 1.807) is 25.1 Å². The van der Waals surface area contributed by atoms with Gasteiger partial charge in [-0.15, -0.1) is 11.3 Å². The summed E-state index contributed by atoms with van der Waals surface area (Å²) < 4.78 is 0. The van der Waals surface area contributed by atoms with Crippen molar-refractivity contribution in [2.24, 2.45) is 0 Å². The lowest BCUT2D eigenvalue weighted by atomic mass is 9.95. The second kappa shape index (κ2) is 4.99. The lowest BCUT2D eigenvalue weighted by molar-refractivity contribution is 0.0615. The highest BCUT2D eigenvalue weighted by molar-refractivity contribution is 7.10. The molecule has 2 rings (SSSR count).